The molecule has 0 aliphatic heterocycles. The number of amides is 1. The number of hydrogen-bond donors (Lipinski definition) is 2. The molecule has 2 aromatic rings. The van der Waals surface area contributed by atoms with Gasteiger partial charge in [0, 0.05) is 24.9 Å². The molecule has 1 amide bonds. The first-order valence-corrected chi connectivity index (χ1v) is 7.80. The lowest BCUT2D eigenvalue weighted by Gasteiger charge is -2.17. The van der Waals surface area contributed by atoms with Gasteiger partial charge in [-0.15, -0.1) is 0 Å². The van der Waals surface area contributed by atoms with Crippen LogP contribution >= 0.6 is 0 Å². The van der Waals surface area contributed by atoms with Gasteiger partial charge in [-0.05, 0) is 42.7 Å². The molecule has 7 heteroatoms. The largest absolute Gasteiger partial charge is 0.349 e. The molecule has 1 aromatic heterocycles. The summed E-state index contributed by atoms with van der Waals surface area (Å²) < 4.78 is 26.8. The average Bonchev–Trinajstić information content (AvgIpc) is 3.38. The standard InChI is InChI=1S/C17H17F2N3O2/c18-13-4-3-11(14(19)8-13)7-12(10-1-2-10)9-21-17(24)16-20-6-5-15(23)22-16/h3-6,8,10,12H,1-2,7,9H2,(H,21,24)(H,20,22,23). The molecule has 1 aromatic carbocycles. The summed E-state index contributed by atoms with van der Waals surface area (Å²) in [7, 11) is 0. The fourth-order valence-electron chi connectivity index (χ4n) is 2.74. The third kappa shape index (κ3) is 4.04. The van der Waals surface area contributed by atoms with E-state index in [1.54, 1.807) is 0 Å². The SMILES string of the molecule is O=C(NCC(Cc1ccc(F)cc1F)C1CC1)c1nccc(=O)[nH]1. The number of aromatic amines is 1. The van der Waals surface area contributed by atoms with Crippen LogP contribution in [0.4, 0.5) is 8.78 Å². The summed E-state index contributed by atoms with van der Waals surface area (Å²) in [6.07, 6.45) is 3.75. The van der Waals surface area contributed by atoms with Gasteiger partial charge < -0.3 is 10.3 Å². The van der Waals surface area contributed by atoms with Gasteiger partial charge in [-0.2, -0.15) is 0 Å². The summed E-state index contributed by atoms with van der Waals surface area (Å²) in [6, 6.07) is 4.77. The fraction of sp³-hybridized carbons (Fsp3) is 0.353. The fourth-order valence-corrected chi connectivity index (χ4v) is 2.74. The molecule has 1 saturated carbocycles. The number of carbonyl (C=O) groups excluding carboxylic acids is 1. The molecular formula is C17H17F2N3O2. The van der Waals surface area contributed by atoms with Gasteiger partial charge >= 0.3 is 0 Å². The highest BCUT2D eigenvalue weighted by Gasteiger charge is 2.32. The van der Waals surface area contributed by atoms with Crippen molar-refractivity contribution in [3.8, 4) is 0 Å². The van der Waals surface area contributed by atoms with Gasteiger partial charge in [0.15, 0.2) is 5.82 Å². The number of H-pyrrole nitrogens is 1. The van der Waals surface area contributed by atoms with E-state index in [1.807, 2.05) is 0 Å². The van der Waals surface area contributed by atoms with Gasteiger partial charge in [0.05, 0.1) is 0 Å². The molecule has 1 fully saturated rings. The van der Waals surface area contributed by atoms with Gasteiger partial charge in [0.1, 0.15) is 11.6 Å². The van der Waals surface area contributed by atoms with Crippen LogP contribution in [0.5, 0.6) is 0 Å². The molecule has 1 unspecified atom stereocenters. The maximum absolute atomic E-state index is 13.8. The van der Waals surface area contributed by atoms with E-state index in [0.717, 1.165) is 18.9 Å². The van der Waals surface area contributed by atoms with Crippen LogP contribution in [0.15, 0.2) is 35.3 Å². The molecule has 0 saturated heterocycles. The minimum absolute atomic E-state index is 0.0509. The maximum atomic E-state index is 13.8. The summed E-state index contributed by atoms with van der Waals surface area (Å²) >= 11 is 0. The Balaban J connectivity index is 1.64. The summed E-state index contributed by atoms with van der Waals surface area (Å²) in [5.41, 5.74) is 0.0380. The monoisotopic (exact) mass is 333 g/mol. The Labute approximate surface area is 137 Å². The van der Waals surface area contributed by atoms with Crippen molar-refractivity contribution in [2.24, 2.45) is 11.8 Å². The van der Waals surface area contributed by atoms with E-state index in [9.17, 15) is 18.4 Å². The van der Waals surface area contributed by atoms with Crippen molar-refractivity contribution >= 4 is 5.91 Å². The number of rotatable bonds is 6. The number of nitrogens with one attached hydrogen (secondary N) is 2. The Morgan fingerprint density at radius 1 is 1.33 bits per heavy atom. The summed E-state index contributed by atoms with van der Waals surface area (Å²) in [4.78, 5) is 29.4. The zero-order chi connectivity index (χ0) is 17.1. The Morgan fingerprint density at radius 3 is 2.79 bits per heavy atom. The molecule has 126 valence electrons. The van der Waals surface area contributed by atoms with Crippen LogP contribution in [0.3, 0.4) is 0 Å². The van der Waals surface area contributed by atoms with Crippen LogP contribution in [0.1, 0.15) is 29.0 Å². The van der Waals surface area contributed by atoms with Gasteiger partial charge in [0.2, 0.25) is 0 Å². The summed E-state index contributed by atoms with van der Waals surface area (Å²) in [5, 5.41) is 2.73. The molecule has 1 heterocycles. The second kappa shape index (κ2) is 6.90. The molecule has 1 aliphatic rings. The Morgan fingerprint density at radius 2 is 2.12 bits per heavy atom. The van der Waals surface area contributed by atoms with Crippen molar-refractivity contribution in [2.45, 2.75) is 19.3 Å². The molecule has 3 rings (SSSR count). The topological polar surface area (TPSA) is 74.8 Å². The summed E-state index contributed by atoms with van der Waals surface area (Å²) in [5.74, 6) is -1.22. The molecule has 1 aliphatic carbocycles. The second-order valence-electron chi connectivity index (χ2n) is 6.03. The average molecular weight is 333 g/mol. The van der Waals surface area contributed by atoms with Crippen LogP contribution in [0.25, 0.3) is 0 Å². The van der Waals surface area contributed by atoms with Crippen molar-refractivity contribution in [3.63, 3.8) is 0 Å². The van der Waals surface area contributed by atoms with E-state index in [-0.39, 0.29) is 11.7 Å². The first-order chi connectivity index (χ1) is 11.5. The molecule has 1 atom stereocenters. The predicted octanol–water partition coefficient (Wildman–Crippen LogP) is 2.05. The molecule has 0 radical (unpaired) electrons. The molecular weight excluding hydrogens is 316 g/mol. The van der Waals surface area contributed by atoms with Crippen molar-refractivity contribution in [1.29, 1.82) is 0 Å². The van der Waals surface area contributed by atoms with Crippen LogP contribution < -0.4 is 10.9 Å². The first kappa shape index (κ1) is 16.3. The minimum Gasteiger partial charge on any atom is -0.349 e. The lowest BCUT2D eigenvalue weighted by atomic mass is 9.94. The first-order valence-electron chi connectivity index (χ1n) is 7.80. The van der Waals surface area contributed by atoms with E-state index in [0.29, 0.717) is 24.4 Å². The number of nitrogens with zero attached hydrogens (tertiary/aromatic N) is 1. The van der Waals surface area contributed by atoms with Crippen LogP contribution in [0, 0.1) is 23.5 Å². The van der Waals surface area contributed by atoms with Gasteiger partial charge in [0.25, 0.3) is 11.5 Å². The number of benzene rings is 1. The van der Waals surface area contributed by atoms with Gasteiger partial charge in [-0.1, -0.05) is 6.07 Å². The molecule has 24 heavy (non-hydrogen) atoms. The number of carbonyl (C=O) groups is 1. The van der Waals surface area contributed by atoms with Crippen molar-refractivity contribution in [1.82, 2.24) is 15.3 Å². The van der Waals surface area contributed by atoms with E-state index in [1.165, 1.54) is 24.4 Å². The maximum Gasteiger partial charge on any atom is 0.287 e. The Kier molecular flexibility index (Phi) is 4.69. The molecule has 0 bridgehead atoms. The third-order valence-corrected chi connectivity index (χ3v) is 4.20. The normalized spacial score (nSPS) is 15.1. The van der Waals surface area contributed by atoms with E-state index >= 15 is 0 Å². The van der Waals surface area contributed by atoms with Crippen LogP contribution in [0.2, 0.25) is 0 Å². The molecule has 2 N–H and O–H groups in total. The molecule has 5 nitrogen and oxygen atoms in total. The van der Waals surface area contributed by atoms with Crippen LogP contribution in [-0.4, -0.2) is 22.4 Å². The van der Waals surface area contributed by atoms with Crippen molar-refractivity contribution < 1.29 is 13.6 Å². The van der Waals surface area contributed by atoms with E-state index in [2.05, 4.69) is 15.3 Å². The smallest absolute Gasteiger partial charge is 0.287 e. The number of hydrogen-bond acceptors (Lipinski definition) is 3. The second-order valence-corrected chi connectivity index (χ2v) is 6.03. The van der Waals surface area contributed by atoms with E-state index < -0.39 is 23.1 Å². The molecule has 0 spiro atoms. The van der Waals surface area contributed by atoms with Crippen molar-refractivity contribution in [2.75, 3.05) is 6.54 Å². The highest BCUT2D eigenvalue weighted by Crippen LogP contribution is 2.38. The highest BCUT2D eigenvalue weighted by atomic mass is 19.1. The Bertz CT molecular complexity index is 802. The quantitative estimate of drug-likeness (QED) is 0.849. The van der Waals surface area contributed by atoms with Crippen LogP contribution in [-0.2, 0) is 6.42 Å². The van der Waals surface area contributed by atoms with Gasteiger partial charge in [-0.25, -0.2) is 13.8 Å². The zero-order valence-corrected chi connectivity index (χ0v) is 12.9. The van der Waals surface area contributed by atoms with Crippen molar-refractivity contribution in [3.05, 3.63) is 63.8 Å². The Hall–Kier alpha value is -2.57. The summed E-state index contributed by atoms with van der Waals surface area (Å²) in [6.45, 7) is 0.346. The van der Waals surface area contributed by atoms with Gasteiger partial charge in [-0.3, -0.25) is 9.59 Å². The minimum atomic E-state index is -0.605. The number of halogens is 2. The lowest BCUT2D eigenvalue weighted by Crippen LogP contribution is -2.33. The van der Waals surface area contributed by atoms with E-state index in [4.69, 9.17) is 0 Å². The predicted molar refractivity (Wildman–Crippen MR) is 83.5 cm³/mol. The third-order valence-electron chi connectivity index (χ3n) is 4.20. The zero-order valence-electron chi connectivity index (χ0n) is 12.9. The lowest BCUT2D eigenvalue weighted by molar-refractivity contribution is 0.0934. The highest BCUT2D eigenvalue weighted by molar-refractivity contribution is 5.90. The number of aromatic nitrogens is 2.